The minimum atomic E-state index is -1.18. The van der Waals surface area contributed by atoms with Gasteiger partial charge in [-0.1, -0.05) is 39.8 Å². The lowest BCUT2D eigenvalue weighted by Crippen LogP contribution is -2.62. The van der Waals surface area contributed by atoms with Crippen molar-refractivity contribution >= 4 is 40.5 Å². The molecule has 4 aliphatic rings. The van der Waals surface area contributed by atoms with E-state index in [1.165, 1.54) is 17.0 Å². The van der Waals surface area contributed by atoms with Crippen LogP contribution in [0.5, 0.6) is 5.75 Å². The molecule has 69 heavy (non-hydrogen) atoms. The molecule has 370 valence electrons. The van der Waals surface area contributed by atoms with Crippen molar-refractivity contribution in [1.29, 1.82) is 0 Å². The maximum absolute atomic E-state index is 14.8. The first-order valence-corrected chi connectivity index (χ1v) is 24.5. The van der Waals surface area contributed by atoms with Crippen molar-refractivity contribution in [3.05, 3.63) is 71.5 Å². The maximum atomic E-state index is 14.8. The van der Waals surface area contributed by atoms with Gasteiger partial charge in [0.25, 0.3) is 5.91 Å². The van der Waals surface area contributed by atoms with Crippen LogP contribution >= 0.6 is 0 Å². The number of amides is 4. The number of cyclic esters (lactones) is 1. The van der Waals surface area contributed by atoms with Crippen LogP contribution in [0.1, 0.15) is 90.2 Å². The van der Waals surface area contributed by atoms with E-state index in [0.29, 0.717) is 43.5 Å². The van der Waals surface area contributed by atoms with E-state index >= 15 is 0 Å². The van der Waals surface area contributed by atoms with Crippen molar-refractivity contribution < 1.29 is 43.3 Å². The van der Waals surface area contributed by atoms with Crippen molar-refractivity contribution in [3.63, 3.8) is 0 Å². The van der Waals surface area contributed by atoms with Gasteiger partial charge in [-0.05, 0) is 111 Å². The number of ether oxygens (including phenoxy) is 3. The van der Waals surface area contributed by atoms with E-state index in [1.807, 2.05) is 39.0 Å². The van der Waals surface area contributed by atoms with E-state index in [1.54, 1.807) is 37.4 Å². The SMILES string of the molecule is CCn1c(-c2cccnc2[C@H](C)OC)c2c3cc(ccc31)-c1cc(O)cc(c1)C[C@H](NC(=O)C(C(C)C)N(C)C(=O)[C@@H]1CN(C(=O)C3CC3)C[C@@H]1OC)C(=O)N1CCC[C@H](N1)C(=O)OCC(C)(C)C2. The quantitative estimate of drug-likeness (QED) is 0.154. The molecule has 0 radical (unpaired) electrons. The molecule has 1 saturated carbocycles. The summed E-state index contributed by atoms with van der Waals surface area (Å²) in [5.41, 5.74) is 9.52. The monoisotopic (exact) mass is 948 g/mol. The zero-order valence-electron chi connectivity index (χ0n) is 41.5. The summed E-state index contributed by atoms with van der Waals surface area (Å²) < 4.78 is 20.0. The average Bonchev–Trinajstić information content (AvgIpc) is 4.03. The van der Waals surface area contributed by atoms with Crippen LogP contribution in [0.4, 0.5) is 0 Å². The van der Waals surface area contributed by atoms with Crippen molar-refractivity contribution in [2.45, 2.75) is 117 Å². The lowest BCUT2D eigenvalue weighted by Gasteiger charge is -2.37. The number of carbonyl (C=O) groups is 5. The number of benzene rings is 2. The normalized spacial score (nSPS) is 22.8. The number of phenolic OH excluding ortho intramolecular Hbond substituents is 1. The Hall–Kier alpha value is -5.84. The molecule has 2 saturated heterocycles. The second-order valence-electron chi connectivity index (χ2n) is 20.6. The van der Waals surface area contributed by atoms with Crippen LogP contribution in [0.3, 0.4) is 0 Å². The Labute approximate surface area is 405 Å². The summed E-state index contributed by atoms with van der Waals surface area (Å²) in [4.78, 5) is 78.8. The Kier molecular flexibility index (Phi) is 14.5. The van der Waals surface area contributed by atoms with Gasteiger partial charge in [0.2, 0.25) is 17.7 Å². The Balaban J connectivity index is 1.18. The Morgan fingerprint density at radius 2 is 1.80 bits per heavy atom. The molecule has 1 unspecified atom stereocenters. The van der Waals surface area contributed by atoms with E-state index in [-0.39, 0.29) is 61.6 Å². The fourth-order valence-corrected chi connectivity index (χ4v) is 10.7. The van der Waals surface area contributed by atoms with E-state index in [4.69, 9.17) is 19.2 Å². The number of likely N-dealkylation sites (N-methyl/N-ethyl adjacent to an activating group) is 1. The first-order valence-electron chi connectivity index (χ1n) is 24.5. The third-order valence-corrected chi connectivity index (χ3v) is 14.5. The van der Waals surface area contributed by atoms with Gasteiger partial charge in [0.15, 0.2) is 0 Å². The van der Waals surface area contributed by atoms with Gasteiger partial charge >= 0.3 is 5.97 Å². The lowest BCUT2D eigenvalue weighted by atomic mass is 9.84. The van der Waals surface area contributed by atoms with Gasteiger partial charge in [-0.25, -0.2) is 5.43 Å². The zero-order chi connectivity index (χ0) is 49.5. The van der Waals surface area contributed by atoms with Crippen LogP contribution in [0.15, 0.2) is 54.7 Å². The first-order chi connectivity index (χ1) is 32.9. The van der Waals surface area contributed by atoms with Crippen LogP contribution in [0, 0.1) is 23.2 Å². The minimum absolute atomic E-state index is 0.0100. The molecular weight excluding hydrogens is 879 g/mol. The highest BCUT2D eigenvalue weighted by Gasteiger charge is 2.46. The molecule has 6 bridgehead atoms. The second-order valence-corrected chi connectivity index (χ2v) is 20.6. The van der Waals surface area contributed by atoms with Gasteiger partial charge in [-0.2, -0.15) is 0 Å². The Morgan fingerprint density at radius 3 is 2.49 bits per heavy atom. The highest BCUT2D eigenvalue weighted by Crippen LogP contribution is 2.42. The van der Waals surface area contributed by atoms with Crippen LogP contribution in [-0.2, 0) is 57.6 Å². The molecule has 6 atom stereocenters. The number of phenols is 1. The molecule has 5 heterocycles. The number of aryl methyl sites for hydroxylation is 1. The molecule has 2 aromatic heterocycles. The molecular formula is C53H69N7O9. The molecule has 3 N–H and O–H groups in total. The summed E-state index contributed by atoms with van der Waals surface area (Å²) in [7, 11) is 4.78. The van der Waals surface area contributed by atoms with E-state index in [2.05, 4.69) is 54.3 Å². The number of methoxy groups -OCH3 is 2. The van der Waals surface area contributed by atoms with Crippen LogP contribution < -0.4 is 10.7 Å². The van der Waals surface area contributed by atoms with E-state index in [0.717, 1.165) is 51.8 Å². The van der Waals surface area contributed by atoms with Gasteiger partial charge in [0, 0.05) is 87.9 Å². The molecule has 3 aliphatic heterocycles. The lowest BCUT2D eigenvalue weighted by molar-refractivity contribution is -0.155. The molecule has 1 aliphatic carbocycles. The van der Waals surface area contributed by atoms with Crippen molar-refractivity contribution in [2.24, 2.45) is 23.2 Å². The van der Waals surface area contributed by atoms with Gasteiger partial charge < -0.3 is 39.0 Å². The van der Waals surface area contributed by atoms with Crippen LogP contribution in [0.2, 0.25) is 0 Å². The minimum Gasteiger partial charge on any atom is -0.508 e. The van der Waals surface area contributed by atoms with E-state index in [9.17, 15) is 29.1 Å². The number of fused-ring (bicyclic) bond motifs is 6. The average molecular weight is 948 g/mol. The molecule has 0 spiro atoms. The summed E-state index contributed by atoms with van der Waals surface area (Å²) in [6.45, 7) is 13.5. The summed E-state index contributed by atoms with van der Waals surface area (Å²) in [6, 6.07) is 12.5. The molecule has 16 nitrogen and oxygen atoms in total. The zero-order valence-corrected chi connectivity index (χ0v) is 41.5. The predicted molar refractivity (Wildman–Crippen MR) is 260 cm³/mol. The van der Waals surface area contributed by atoms with Crippen molar-refractivity contribution in [1.82, 2.24) is 35.1 Å². The van der Waals surface area contributed by atoms with Gasteiger partial charge in [0.05, 0.1) is 36.1 Å². The van der Waals surface area contributed by atoms with Gasteiger partial charge in [0.1, 0.15) is 23.9 Å². The highest BCUT2D eigenvalue weighted by molar-refractivity contribution is 5.96. The topological polar surface area (TPSA) is 185 Å². The number of carbonyl (C=O) groups excluding carboxylic acids is 5. The number of nitrogens with zero attached hydrogens (tertiary/aromatic N) is 5. The van der Waals surface area contributed by atoms with Crippen LogP contribution in [0.25, 0.3) is 33.3 Å². The molecule has 3 fully saturated rings. The number of aromatic nitrogens is 2. The van der Waals surface area contributed by atoms with Crippen molar-refractivity contribution in [2.75, 3.05) is 47.5 Å². The third-order valence-electron chi connectivity index (χ3n) is 14.5. The van der Waals surface area contributed by atoms with Gasteiger partial charge in [-0.3, -0.25) is 34.0 Å². The summed E-state index contributed by atoms with van der Waals surface area (Å²) in [5.74, 6) is -2.88. The standard InChI is InChI=1S/C53H69N7O9/c1-10-59-43-18-17-34-25-38(43)39(47(59)37-13-11-19-54-45(37)31(4)67-8)26-53(5,6)29-69-52(66)41-14-12-20-60(56-41)51(65)42(23-32-21-35(34)24-36(61)22-32)55-48(62)46(30(2)3)57(7)50(64)40-27-58(28-44(40)68-9)49(63)33-15-16-33/h11,13,17-19,21-22,24-25,30-31,33,40-42,44,46,56,61H,10,12,14-16,20,23,26-29H2,1-9H3,(H,55,62)/t31-,40+,41-,42-,44-,46?/m0/s1. The number of nitrogens with one attached hydrogen (secondary N) is 2. The number of pyridine rings is 1. The van der Waals surface area contributed by atoms with Gasteiger partial charge in [-0.15, -0.1) is 0 Å². The molecule has 4 aromatic rings. The maximum Gasteiger partial charge on any atom is 0.324 e. The molecule has 16 heteroatoms. The Bertz CT molecular complexity index is 2600. The second kappa shape index (κ2) is 20.2. The molecule has 4 amide bonds. The largest absolute Gasteiger partial charge is 0.508 e. The number of esters is 1. The molecule has 2 aromatic carbocycles. The number of likely N-dealkylation sites (tertiary alicyclic amines) is 1. The highest BCUT2D eigenvalue weighted by atomic mass is 16.5. The third kappa shape index (κ3) is 10.2. The number of hydrazine groups is 1. The summed E-state index contributed by atoms with van der Waals surface area (Å²) in [6.07, 6.45) is 4.10. The number of rotatable bonds is 11. The van der Waals surface area contributed by atoms with E-state index < -0.39 is 53.3 Å². The number of aromatic hydroxyl groups is 1. The number of hydrogen-bond acceptors (Lipinski definition) is 11. The number of hydrogen-bond donors (Lipinski definition) is 3. The summed E-state index contributed by atoms with van der Waals surface area (Å²) in [5, 5.41) is 16.8. The molecule has 8 rings (SSSR count). The Morgan fingerprint density at radius 1 is 1.03 bits per heavy atom. The predicted octanol–water partition coefficient (Wildman–Crippen LogP) is 5.82. The van der Waals surface area contributed by atoms with Crippen molar-refractivity contribution in [3.8, 4) is 28.1 Å². The fraction of sp³-hybridized carbons (Fsp3) is 0.547. The van der Waals surface area contributed by atoms with Crippen LogP contribution in [-0.4, -0.2) is 131 Å². The fourth-order valence-electron chi connectivity index (χ4n) is 10.7. The first kappa shape index (κ1) is 49.6. The smallest absolute Gasteiger partial charge is 0.324 e. The summed E-state index contributed by atoms with van der Waals surface area (Å²) >= 11 is 0.